The highest BCUT2D eigenvalue weighted by atomic mass is 16.5. The largest absolute Gasteiger partial charge is 0.377 e. The van der Waals surface area contributed by atoms with Gasteiger partial charge in [0.2, 0.25) is 0 Å². The topological polar surface area (TPSA) is 32.8 Å². The van der Waals surface area contributed by atoms with Gasteiger partial charge in [0.25, 0.3) is 0 Å². The minimum Gasteiger partial charge on any atom is -0.377 e. The Morgan fingerprint density at radius 2 is 1.83 bits per heavy atom. The molecule has 4 heteroatoms. The third-order valence-corrected chi connectivity index (χ3v) is 3.04. The molecule has 0 bridgehead atoms. The van der Waals surface area contributed by atoms with Crippen molar-refractivity contribution in [2.24, 2.45) is 0 Å². The summed E-state index contributed by atoms with van der Waals surface area (Å²) in [6, 6.07) is 0.844. The van der Waals surface area contributed by atoms with Crippen LogP contribution in [0.4, 0.5) is 0 Å². The van der Waals surface area contributed by atoms with Crippen LogP contribution in [-0.2, 0) is 9.53 Å². The second-order valence-corrected chi connectivity index (χ2v) is 4.23. The van der Waals surface area contributed by atoms with Gasteiger partial charge in [0.05, 0.1) is 0 Å². The lowest BCUT2D eigenvalue weighted by Crippen LogP contribution is -2.41. The van der Waals surface area contributed by atoms with E-state index in [1.807, 2.05) is 13.8 Å². The minimum atomic E-state index is 0.208. The molecule has 4 nitrogen and oxygen atoms in total. The molecule has 0 saturated carbocycles. The third-order valence-electron chi connectivity index (χ3n) is 3.04. The molecule has 1 heterocycles. The van der Waals surface area contributed by atoms with E-state index >= 15 is 0 Å². The first kappa shape index (κ1) is 19.9. The zero-order valence-corrected chi connectivity index (χ0v) is 13.1. The Balaban J connectivity index is 0. The van der Waals surface area contributed by atoms with Crippen LogP contribution in [0.3, 0.4) is 0 Å². The number of carbonyl (C=O) groups is 1. The van der Waals surface area contributed by atoms with Gasteiger partial charge in [-0.05, 0) is 46.6 Å². The van der Waals surface area contributed by atoms with Crippen molar-refractivity contribution < 1.29 is 9.53 Å². The summed E-state index contributed by atoms with van der Waals surface area (Å²) < 4.78 is 4.32. The van der Waals surface area contributed by atoms with Crippen LogP contribution < -0.4 is 0 Å². The summed E-state index contributed by atoms with van der Waals surface area (Å²) in [5, 5.41) is 0. The quantitative estimate of drug-likeness (QED) is 0.723. The van der Waals surface area contributed by atoms with E-state index in [9.17, 15) is 4.79 Å². The van der Waals surface area contributed by atoms with E-state index in [1.54, 1.807) is 0 Å². The van der Waals surface area contributed by atoms with Crippen molar-refractivity contribution in [2.75, 3.05) is 47.4 Å². The highest BCUT2D eigenvalue weighted by molar-refractivity contribution is 5.50. The lowest BCUT2D eigenvalue weighted by molar-refractivity contribution is -0.110. The Kier molecular flexibility index (Phi) is 16.1. The average molecular weight is 260 g/mol. The molecule has 0 spiro atoms. The zero-order valence-electron chi connectivity index (χ0n) is 13.1. The number of nitrogens with zero attached hydrogens (tertiary/aromatic N) is 2. The van der Waals surface area contributed by atoms with Crippen LogP contribution in [0.15, 0.2) is 0 Å². The van der Waals surface area contributed by atoms with Gasteiger partial charge in [-0.2, -0.15) is 0 Å². The third kappa shape index (κ3) is 10.7. The molecule has 1 aliphatic heterocycles. The molecule has 0 radical (unpaired) electrons. The van der Waals surface area contributed by atoms with Crippen molar-refractivity contribution in [3.63, 3.8) is 0 Å². The van der Waals surface area contributed by atoms with Crippen LogP contribution in [-0.4, -0.2) is 69.6 Å². The van der Waals surface area contributed by atoms with Gasteiger partial charge < -0.3 is 19.3 Å². The van der Waals surface area contributed by atoms with Crippen LogP contribution in [0.1, 0.15) is 33.6 Å². The minimum absolute atomic E-state index is 0.208. The maximum Gasteiger partial charge on any atom is 0.145 e. The second kappa shape index (κ2) is 14.6. The highest BCUT2D eigenvalue weighted by Gasteiger charge is 2.18. The molecule has 0 aromatic heterocycles. The van der Waals surface area contributed by atoms with Gasteiger partial charge >= 0.3 is 0 Å². The lowest BCUT2D eigenvalue weighted by Gasteiger charge is -2.34. The summed E-state index contributed by atoms with van der Waals surface area (Å²) >= 11 is 0. The summed E-state index contributed by atoms with van der Waals surface area (Å²) in [5.41, 5.74) is 0. The Morgan fingerprint density at radius 3 is 2.11 bits per heavy atom. The molecule has 1 aliphatic rings. The van der Waals surface area contributed by atoms with Crippen LogP contribution >= 0.6 is 0 Å². The molecule has 0 N–H and O–H groups in total. The van der Waals surface area contributed by atoms with Crippen molar-refractivity contribution in [1.29, 1.82) is 0 Å². The molecule has 0 amide bonds. The number of piperidine rings is 1. The van der Waals surface area contributed by atoms with E-state index in [2.05, 4.69) is 35.6 Å². The average Bonchev–Trinajstić information content (AvgIpc) is 2.42. The maximum absolute atomic E-state index is 9.28. The molecule has 110 valence electrons. The number of methoxy groups -OCH3 is 1. The van der Waals surface area contributed by atoms with E-state index in [1.165, 1.54) is 39.6 Å². The number of aldehydes is 1. The molecule has 0 aliphatic carbocycles. The Hall–Kier alpha value is -0.450. The van der Waals surface area contributed by atoms with Crippen molar-refractivity contribution >= 4 is 6.29 Å². The smallest absolute Gasteiger partial charge is 0.145 e. The van der Waals surface area contributed by atoms with Crippen LogP contribution in [0.25, 0.3) is 0 Å². The van der Waals surface area contributed by atoms with Crippen molar-refractivity contribution in [2.45, 2.75) is 39.7 Å². The van der Waals surface area contributed by atoms with Crippen LogP contribution in [0, 0.1) is 0 Å². The van der Waals surface area contributed by atoms with E-state index < -0.39 is 0 Å². The molecule has 0 atom stereocenters. The standard InChI is InChI=1S/C9H20N2.C3H6O2.C2H6/c1-4-11(3)9-5-7-10(2)8-6-9;1-5-3-2-4;1-2/h9H,4-8H2,1-3H3;2H,3H2,1H3;1-2H3. The Labute approximate surface area is 113 Å². The number of rotatable bonds is 4. The molecule has 0 unspecified atom stereocenters. The number of carbonyl (C=O) groups excluding carboxylic acids is 1. The first-order valence-electron chi connectivity index (χ1n) is 6.97. The monoisotopic (exact) mass is 260 g/mol. The molecule has 0 aromatic carbocycles. The Morgan fingerprint density at radius 1 is 1.33 bits per heavy atom. The first-order valence-corrected chi connectivity index (χ1v) is 6.97. The zero-order chi connectivity index (χ0) is 14.4. The molecular weight excluding hydrogens is 228 g/mol. The predicted molar refractivity (Wildman–Crippen MR) is 78.1 cm³/mol. The van der Waals surface area contributed by atoms with Gasteiger partial charge in [-0.15, -0.1) is 0 Å². The number of likely N-dealkylation sites (tertiary alicyclic amines) is 1. The Bertz CT molecular complexity index is 169. The molecule has 1 rings (SSSR count). The molecule has 0 aromatic rings. The fourth-order valence-electron chi connectivity index (χ4n) is 1.76. The van der Waals surface area contributed by atoms with Crippen LogP contribution in [0.2, 0.25) is 0 Å². The summed E-state index contributed by atoms with van der Waals surface area (Å²) in [7, 11) is 5.92. The molecular formula is C14H32N2O2. The fraction of sp³-hybridized carbons (Fsp3) is 0.929. The summed E-state index contributed by atoms with van der Waals surface area (Å²) in [4.78, 5) is 14.2. The summed E-state index contributed by atoms with van der Waals surface area (Å²) in [6.07, 6.45) is 3.40. The first-order chi connectivity index (χ1) is 8.65. The number of hydrogen-bond acceptors (Lipinski definition) is 4. The highest BCUT2D eigenvalue weighted by Crippen LogP contribution is 2.13. The summed E-state index contributed by atoms with van der Waals surface area (Å²) in [5.74, 6) is 0. The van der Waals surface area contributed by atoms with Crippen molar-refractivity contribution in [3.05, 3.63) is 0 Å². The van der Waals surface area contributed by atoms with Gasteiger partial charge in [0.15, 0.2) is 0 Å². The normalized spacial score (nSPS) is 16.4. The molecule has 18 heavy (non-hydrogen) atoms. The van der Waals surface area contributed by atoms with Gasteiger partial charge in [0, 0.05) is 13.2 Å². The maximum atomic E-state index is 9.28. The molecule has 1 fully saturated rings. The predicted octanol–water partition coefficient (Wildman–Crippen LogP) is 1.89. The second-order valence-electron chi connectivity index (χ2n) is 4.23. The van der Waals surface area contributed by atoms with E-state index in [0.717, 1.165) is 6.04 Å². The summed E-state index contributed by atoms with van der Waals surface area (Å²) in [6.45, 7) is 10.2. The number of ether oxygens (including phenoxy) is 1. The van der Waals surface area contributed by atoms with Crippen molar-refractivity contribution in [1.82, 2.24) is 9.80 Å². The van der Waals surface area contributed by atoms with Gasteiger partial charge in [-0.25, -0.2) is 0 Å². The van der Waals surface area contributed by atoms with Gasteiger partial charge in [-0.3, -0.25) is 0 Å². The van der Waals surface area contributed by atoms with Gasteiger partial charge in [0.1, 0.15) is 12.9 Å². The number of hydrogen-bond donors (Lipinski definition) is 0. The fourth-order valence-corrected chi connectivity index (χ4v) is 1.76. The van der Waals surface area contributed by atoms with E-state index in [-0.39, 0.29) is 6.61 Å². The van der Waals surface area contributed by atoms with Gasteiger partial charge in [-0.1, -0.05) is 20.8 Å². The van der Waals surface area contributed by atoms with Crippen LogP contribution in [0.5, 0.6) is 0 Å². The SMILES string of the molecule is CC.CCN(C)C1CCN(C)CC1.COCC=O. The lowest BCUT2D eigenvalue weighted by atomic mass is 10.0. The van der Waals surface area contributed by atoms with E-state index in [0.29, 0.717) is 6.29 Å². The van der Waals surface area contributed by atoms with E-state index in [4.69, 9.17) is 0 Å². The molecule has 1 saturated heterocycles. The van der Waals surface area contributed by atoms with Crippen molar-refractivity contribution in [3.8, 4) is 0 Å².